The molecule has 0 aromatic rings. The molecule has 4 heteroatoms. The van der Waals surface area contributed by atoms with Crippen LogP contribution in [0.25, 0.3) is 0 Å². The van der Waals surface area contributed by atoms with Crippen molar-refractivity contribution in [3.8, 4) is 0 Å². The molecule has 1 saturated heterocycles. The Bertz CT molecular complexity index is 189. The predicted molar refractivity (Wildman–Crippen MR) is 34.6 cm³/mol. The molecule has 0 amide bonds. The lowest BCUT2D eigenvalue weighted by Gasteiger charge is -2.15. The molecule has 1 atom stereocenters. The fourth-order valence-electron chi connectivity index (χ4n) is 0.832. The summed E-state index contributed by atoms with van der Waals surface area (Å²) in [6.45, 7) is 1.52. The Labute approximate surface area is 63.3 Å². The van der Waals surface area contributed by atoms with E-state index in [1.54, 1.807) is 0 Å². The summed E-state index contributed by atoms with van der Waals surface area (Å²) in [5.41, 5.74) is -1.06. The van der Waals surface area contributed by atoms with Crippen LogP contribution < -0.4 is 0 Å². The second kappa shape index (κ2) is 2.23. The first kappa shape index (κ1) is 7.54. The highest BCUT2D eigenvalue weighted by atomic mass is 35.5. The van der Waals surface area contributed by atoms with Gasteiger partial charge in [-0.3, -0.25) is 9.59 Å². The van der Waals surface area contributed by atoms with Crippen LogP contribution >= 0.6 is 11.6 Å². The van der Waals surface area contributed by atoms with Gasteiger partial charge in [0.2, 0.25) is 0 Å². The normalized spacial score (nSPS) is 32.0. The minimum atomic E-state index is -1.06. The van der Waals surface area contributed by atoms with Gasteiger partial charge in [0.1, 0.15) is 0 Å². The van der Waals surface area contributed by atoms with Gasteiger partial charge in [0.15, 0.2) is 5.60 Å². The highest BCUT2D eigenvalue weighted by Gasteiger charge is 2.41. The third-order valence-electron chi connectivity index (χ3n) is 1.56. The van der Waals surface area contributed by atoms with E-state index in [0.29, 0.717) is 6.42 Å². The Morgan fingerprint density at radius 1 is 1.80 bits per heavy atom. The standard InChI is InChI=1S/C6H7ClO3/c1-6(5(7)9)3-2-4(8)10-6/h2-3H2,1H3/t6-/m1/s1. The van der Waals surface area contributed by atoms with E-state index >= 15 is 0 Å². The Morgan fingerprint density at radius 3 is 2.60 bits per heavy atom. The Kier molecular flexibility index (Phi) is 1.68. The van der Waals surface area contributed by atoms with Gasteiger partial charge in [-0.05, 0) is 18.5 Å². The van der Waals surface area contributed by atoms with Crippen LogP contribution in [0.2, 0.25) is 0 Å². The highest BCUT2D eigenvalue weighted by molar-refractivity contribution is 6.65. The molecule has 0 spiro atoms. The zero-order valence-electron chi connectivity index (χ0n) is 5.52. The molecule has 1 aliphatic rings. The molecule has 0 N–H and O–H groups in total. The second-order valence-corrected chi connectivity index (χ2v) is 2.82. The molecular formula is C6H7ClO3. The van der Waals surface area contributed by atoms with Gasteiger partial charge >= 0.3 is 5.97 Å². The van der Waals surface area contributed by atoms with Crippen LogP contribution in [0.1, 0.15) is 19.8 Å². The molecule has 0 aromatic heterocycles. The van der Waals surface area contributed by atoms with Crippen LogP contribution in [0, 0.1) is 0 Å². The monoisotopic (exact) mass is 162 g/mol. The molecule has 0 aliphatic carbocycles. The molecule has 10 heavy (non-hydrogen) atoms. The molecule has 1 aliphatic heterocycles. The van der Waals surface area contributed by atoms with Crippen LogP contribution in [-0.2, 0) is 14.3 Å². The van der Waals surface area contributed by atoms with E-state index in [2.05, 4.69) is 4.74 Å². The van der Waals surface area contributed by atoms with Gasteiger partial charge in [0.05, 0.1) is 0 Å². The zero-order chi connectivity index (χ0) is 7.78. The van der Waals surface area contributed by atoms with Gasteiger partial charge in [-0.2, -0.15) is 0 Å². The molecule has 0 aromatic carbocycles. The number of halogens is 1. The van der Waals surface area contributed by atoms with E-state index in [4.69, 9.17) is 11.6 Å². The zero-order valence-corrected chi connectivity index (χ0v) is 6.27. The van der Waals surface area contributed by atoms with E-state index < -0.39 is 10.8 Å². The lowest BCUT2D eigenvalue weighted by molar-refractivity contribution is -0.152. The third kappa shape index (κ3) is 1.14. The highest BCUT2D eigenvalue weighted by Crippen LogP contribution is 2.27. The maximum absolute atomic E-state index is 10.6. The Balaban J connectivity index is 2.72. The smallest absolute Gasteiger partial charge is 0.306 e. The Morgan fingerprint density at radius 2 is 2.40 bits per heavy atom. The summed E-state index contributed by atoms with van der Waals surface area (Å²) in [4.78, 5) is 21.1. The van der Waals surface area contributed by atoms with Crippen molar-refractivity contribution in [3.63, 3.8) is 0 Å². The lowest BCUT2D eigenvalue weighted by atomic mass is 10.1. The van der Waals surface area contributed by atoms with Crippen LogP contribution in [0.4, 0.5) is 0 Å². The first-order valence-electron chi connectivity index (χ1n) is 2.96. The molecule has 56 valence electrons. The fourth-order valence-corrected chi connectivity index (χ4v) is 0.965. The van der Waals surface area contributed by atoms with Crippen molar-refractivity contribution in [1.82, 2.24) is 0 Å². The molecule has 1 rings (SSSR count). The maximum atomic E-state index is 10.6. The van der Waals surface area contributed by atoms with Gasteiger partial charge in [-0.1, -0.05) is 0 Å². The molecule has 0 radical (unpaired) electrons. The number of carbonyl (C=O) groups is 2. The van der Waals surface area contributed by atoms with Crippen LogP contribution in [0.15, 0.2) is 0 Å². The molecule has 0 saturated carbocycles. The fraction of sp³-hybridized carbons (Fsp3) is 0.667. The van der Waals surface area contributed by atoms with E-state index in [1.807, 2.05) is 0 Å². The third-order valence-corrected chi connectivity index (χ3v) is 1.96. The first-order valence-corrected chi connectivity index (χ1v) is 3.34. The van der Waals surface area contributed by atoms with Gasteiger partial charge in [-0.15, -0.1) is 0 Å². The summed E-state index contributed by atoms with van der Waals surface area (Å²) in [7, 11) is 0. The average Bonchev–Trinajstić information content (AvgIpc) is 2.13. The van der Waals surface area contributed by atoms with Gasteiger partial charge in [0.25, 0.3) is 5.24 Å². The molecule has 1 heterocycles. The summed E-state index contributed by atoms with van der Waals surface area (Å²) in [5, 5.41) is -0.599. The van der Waals surface area contributed by atoms with Gasteiger partial charge in [0, 0.05) is 12.8 Å². The minimum absolute atomic E-state index is 0.287. The van der Waals surface area contributed by atoms with Gasteiger partial charge < -0.3 is 4.74 Å². The molecule has 0 unspecified atom stereocenters. The van der Waals surface area contributed by atoms with Gasteiger partial charge in [-0.25, -0.2) is 0 Å². The maximum Gasteiger partial charge on any atom is 0.306 e. The number of carbonyl (C=O) groups excluding carboxylic acids is 2. The van der Waals surface area contributed by atoms with Crippen molar-refractivity contribution in [2.75, 3.05) is 0 Å². The molecule has 1 fully saturated rings. The van der Waals surface area contributed by atoms with E-state index in [-0.39, 0.29) is 12.4 Å². The average molecular weight is 163 g/mol. The number of rotatable bonds is 1. The summed E-state index contributed by atoms with van der Waals surface area (Å²) < 4.78 is 4.69. The number of esters is 1. The summed E-state index contributed by atoms with van der Waals surface area (Å²) in [5.74, 6) is -0.350. The van der Waals surface area contributed by atoms with Crippen LogP contribution in [0.3, 0.4) is 0 Å². The predicted octanol–water partition coefficient (Wildman–Crippen LogP) is 0.847. The van der Waals surface area contributed by atoms with E-state index in [9.17, 15) is 9.59 Å². The summed E-state index contributed by atoms with van der Waals surface area (Å²) in [6, 6.07) is 0. The van der Waals surface area contributed by atoms with E-state index in [1.165, 1.54) is 6.92 Å². The van der Waals surface area contributed by atoms with E-state index in [0.717, 1.165) is 0 Å². The van der Waals surface area contributed by atoms with Crippen molar-refractivity contribution in [2.24, 2.45) is 0 Å². The second-order valence-electron chi connectivity index (χ2n) is 2.48. The molecular weight excluding hydrogens is 156 g/mol. The van der Waals surface area contributed by atoms with Crippen molar-refractivity contribution in [1.29, 1.82) is 0 Å². The Hall–Kier alpha value is -0.570. The number of hydrogen-bond acceptors (Lipinski definition) is 3. The number of hydrogen-bond donors (Lipinski definition) is 0. The van der Waals surface area contributed by atoms with Crippen LogP contribution in [-0.4, -0.2) is 16.8 Å². The van der Waals surface area contributed by atoms with Crippen molar-refractivity contribution in [3.05, 3.63) is 0 Å². The summed E-state index contributed by atoms with van der Waals surface area (Å²) in [6.07, 6.45) is 0.684. The van der Waals surface area contributed by atoms with Crippen molar-refractivity contribution >= 4 is 22.8 Å². The largest absolute Gasteiger partial charge is 0.450 e. The van der Waals surface area contributed by atoms with Crippen molar-refractivity contribution in [2.45, 2.75) is 25.4 Å². The SMILES string of the molecule is C[C@]1(C(=O)Cl)CCC(=O)O1. The summed E-state index contributed by atoms with van der Waals surface area (Å²) >= 11 is 5.17. The first-order chi connectivity index (χ1) is 4.54. The molecule has 0 bridgehead atoms. The lowest BCUT2D eigenvalue weighted by Crippen LogP contribution is -2.30. The van der Waals surface area contributed by atoms with Crippen molar-refractivity contribution < 1.29 is 14.3 Å². The molecule has 3 nitrogen and oxygen atoms in total. The number of ether oxygens (including phenoxy) is 1. The number of cyclic esters (lactones) is 1. The van der Waals surface area contributed by atoms with Crippen LogP contribution in [0.5, 0.6) is 0 Å². The minimum Gasteiger partial charge on any atom is -0.450 e. The topological polar surface area (TPSA) is 43.4 Å². The quantitative estimate of drug-likeness (QED) is 0.424.